The molecule has 1 heterocycles. The van der Waals surface area contributed by atoms with Crippen LogP contribution in [0.15, 0.2) is 0 Å². The molecule has 3 heteroatoms. The molecule has 3 nitrogen and oxygen atoms in total. The van der Waals surface area contributed by atoms with Crippen molar-refractivity contribution >= 4 is 0 Å². The maximum absolute atomic E-state index is 6.27. The van der Waals surface area contributed by atoms with Crippen LogP contribution in [0.5, 0.6) is 0 Å². The molecule has 0 amide bonds. The van der Waals surface area contributed by atoms with E-state index in [9.17, 15) is 0 Å². The van der Waals surface area contributed by atoms with Gasteiger partial charge in [0.05, 0.1) is 0 Å². The number of nitrogens with zero attached hydrogens (tertiary/aromatic N) is 2. The zero-order valence-electron chi connectivity index (χ0n) is 9.77. The molecular formula is C11H23N3. The van der Waals surface area contributed by atoms with E-state index in [0.717, 1.165) is 5.92 Å². The first-order chi connectivity index (χ1) is 6.52. The van der Waals surface area contributed by atoms with Gasteiger partial charge in [-0.3, -0.25) is 4.90 Å². The van der Waals surface area contributed by atoms with E-state index in [4.69, 9.17) is 5.73 Å². The minimum absolute atomic E-state index is 0.407. The van der Waals surface area contributed by atoms with Crippen LogP contribution in [-0.2, 0) is 0 Å². The second kappa shape index (κ2) is 3.47. The largest absolute Gasteiger partial charge is 0.326 e. The molecule has 14 heavy (non-hydrogen) atoms. The molecule has 1 aliphatic heterocycles. The summed E-state index contributed by atoms with van der Waals surface area (Å²) in [6, 6.07) is 2.31. The Bertz CT molecular complexity index is 197. The molecule has 2 N–H and O–H groups in total. The summed E-state index contributed by atoms with van der Waals surface area (Å²) in [5.41, 5.74) is 6.27. The van der Waals surface area contributed by atoms with Crippen LogP contribution in [0.1, 0.15) is 20.3 Å². The maximum Gasteiger partial charge on any atom is 0.0408 e. The quantitative estimate of drug-likeness (QED) is 0.693. The molecule has 1 saturated heterocycles. The van der Waals surface area contributed by atoms with Crippen LogP contribution >= 0.6 is 0 Å². The van der Waals surface area contributed by atoms with E-state index in [1.807, 2.05) is 0 Å². The molecule has 2 bridgehead atoms. The first-order valence-corrected chi connectivity index (χ1v) is 5.70. The third kappa shape index (κ3) is 1.38. The molecule has 82 valence electrons. The highest BCUT2D eigenvalue weighted by Crippen LogP contribution is 2.39. The predicted molar refractivity (Wildman–Crippen MR) is 59.2 cm³/mol. The molecule has 0 aromatic heterocycles. The standard InChI is InChI=1S/C11H23N3/c1-7(2)14-6-8-5-9(13(3)4)11(14)10(8)12/h7-11H,5-6,12H2,1-4H3. The van der Waals surface area contributed by atoms with Gasteiger partial charge in [-0.15, -0.1) is 0 Å². The SMILES string of the molecule is CC(C)N1CC2CC(N(C)C)C1C2N. The third-order valence-corrected chi connectivity index (χ3v) is 4.03. The van der Waals surface area contributed by atoms with Gasteiger partial charge >= 0.3 is 0 Å². The summed E-state index contributed by atoms with van der Waals surface area (Å²) in [6.07, 6.45) is 1.29. The number of fused-ring (bicyclic) bond motifs is 2. The number of nitrogens with two attached hydrogens (primary N) is 1. The summed E-state index contributed by atoms with van der Waals surface area (Å²) >= 11 is 0. The van der Waals surface area contributed by atoms with Gasteiger partial charge in [-0.2, -0.15) is 0 Å². The normalized spacial score (nSPS) is 43.1. The van der Waals surface area contributed by atoms with Gasteiger partial charge < -0.3 is 10.6 Å². The minimum atomic E-state index is 0.407. The third-order valence-electron chi connectivity index (χ3n) is 4.03. The van der Waals surface area contributed by atoms with Gasteiger partial charge in [0.2, 0.25) is 0 Å². The summed E-state index contributed by atoms with van der Waals surface area (Å²) in [6.45, 7) is 5.77. The van der Waals surface area contributed by atoms with Crippen LogP contribution in [0.25, 0.3) is 0 Å². The number of hydrogen-bond acceptors (Lipinski definition) is 3. The van der Waals surface area contributed by atoms with E-state index in [2.05, 4.69) is 37.7 Å². The van der Waals surface area contributed by atoms with Crippen molar-refractivity contribution in [1.29, 1.82) is 0 Å². The van der Waals surface area contributed by atoms with E-state index < -0.39 is 0 Å². The van der Waals surface area contributed by atoms with E-state index in [0.29, 0.717) is 24.2 Å². The molecule has 1 saturated carbocycles. The van der Waals surface area contributed by atoms with Crippen molar-refractivity contribution in [3.05, 3.63) is 0 Å². The molecule has 0 aromatic carbocycles. The summed E-state index contributed by atoms with van der Waals surface area (Å²) < 4.78 is 0. The predicted octanol–water partition coefficient (Wildman–Crippen LogP) is 0.356. The van der Waals surface area contributed by atoms with Gasteiger partial charge in [-0.1, -0.05) is 0 Å². The molecule has 2 rings (SSSR count). The van der Waals surface area contributed by atoms with Crippen molar-refractivity contribution in [1.82, 2.24) is 9.80 Å². The Labute approximate surface area is 87.2 Å². The Morgan fingerprint density at radius 1 is 1.36 bits per heavy atom. The van der Waals surface area contributed by atoms with Crippen LogP contribution < -0.4 is 5.73 Å². The lowest BCUT2D eigenvalue weighted by Gasteiger charge is -2.39. The Kier molecular flexibility index (Phi) is 2.58. The molecule has 2 fully saturated rings. The average molecular weight is 197 g/mol. The molecule has 1 aliphatic carbocycles. The van der Waals surface area contributed by atoms with Gasteiger partial charge in [-0.25, -0.2) is 0 Å². The van der Waals surface area contributed by atoms with Crippen LogP contribution in [-0.4, -0.2) is 54.6 Å². The number of hydrogen-bond donors (Lipinski definition) is 1. The molecule has 4 atom stereocenters. The lowest BCUT2D eigenvalue weighted by molar-refractivity contribution is 0.0918. The fraction of sp³-hybridized carbons (Fsp3) is 1.00. The number of rotatable bonds is 2. The van der Waals surface area contributed by atoms with Crippen LogP contribution in [0.2, 0.25) is 0 Å². The molecule has 4 unspecified atom stereocenters. The Morgan fingerprint density at radius 3 is 2.43 bits per heavy atom. The number of piperidine rings is 1. The number of likely N-dealkylation sites (tertiary alicyclic amines) is 1. The van der Waals surface area contributed by atoms with Gasteiger partial charge in [0.25, 0.3) is 0 Å². The van der Waals surface area contributed by atoms with Crippen molar-refractivity contribution in [2.45, 2.75) is 44.4 Å². The highest BCUT2D eigenvalue weighted by Gasteiger charge is 2.51. The first kappa shape index (κ1) is 10.4. The van der Waals surface area contributed by atoms with Crippen molar-refractivity contribution < 1.29 is 0 Å². The van der Waals surface area contributed by atoms with Crippen LogP contribution in [0.3, 0.4) is 0 Å². The van der Waals surface area contributed by atoms with E-state index >= 15 is 0 Å². The summed E-state index contributed by atoms with van der Waals surface area (Å²) in [5.74, 6) is 0.731. The topological polar surface area (TPSA) is 32.5 Å². The smallest absolute Gasteiger partial charge is 0.0408 e. The van der Waals surface area contributed by atoms with Crippen molar-refractivity contribution in [2.24, 2.45) is 11.7 Å². The summed E-state index contributed by atoms with van der Waals surface area (Å²) in [5, 5.41) is 0. The Morgan fingerprint density at radius 2 is 2.00 bits per heavy atom. The van der Waals surface area contributed by atoms with Crippen molar-refractivity contribution in [3.63, 3.8) is 0 Å². The van der Waals surface area contributed by atoms with Crippen molar-refractivity contribution in [3.8, 4) is 0 Å². The number of likely N-dealkylation sites (N-methyl/N-ethyl adjacent to an activating group) is 1. The van der Waals surface area contributed by atoms with Gasteiger partial charge in [-0.05, 0) is 40.3 Å². The summed E-state index contributed by atoms with van der Waals surface area (Å²) in [7, 11) is 4.35. The van der Waals surface area contributed by atoms with E-state index in [-0.39, 0.29) is 0 Å². The van der Waals surface area contributed by atoms with Crippen LogP contribution in [0, 0.1) is 5.92 Å². The first-order valence-electron chi connectivity index (χ1n) is 5.70. The fourth-order valence-electron chi connectivity index (χ4n) is 3.24. The fourth-order valence-corrected chi connectivity index (χ4v) is 3.24. The van der Waals surface area contributed by atoms with E-state index in [1.165, 1.54) is 13.0 Å². The zero-order valence-corrected chi connectivity index (χ0v) is 9.77. The van der Waals surface area contributed by atoms with Crippen molar-refractivity contribution in [2.75, 3.05) is 20.6 Å². The van der Waals surface area contributed by atoms with Gasteiger partial charge in [0, 0.05) is 30.7 Å². The van der Waals surface area contributed by atoms with E-state index in [1.54, 1.807) is 0 Å². The average Bonchev–Trinajstić information content (AvgIpc) is 2.59. The van der Waals surface area contributed by atoms with Crippen LogP contribution in [0.4, 0.5) is 0 Å². The monoisotopic (exact) mass is 197 g/mol. The lowest BCUT2D eigenvalue weighted by Crippen LogP contribution is -2.52. The highest BCUT2D eigenvalue weighted by atomic mass is 15.3. The zero-order chi connectivity index (χ0) is 10.5. The molecule has 0 radical (unpaired) electrons. The lowest BCUT2D eigenvalue weighted by atomic mass is 10.0. The second-order valence-corrected chi connectivity index (χ2v) is 5.39. The molecule has 0 aromatic rings. The Balaban J connectivity index is 2.15. The highest BCUT2D eigenvalue weighted by molar-refractivity contribution is 5.10. The molecular weight excluding hydrogens is 174 g/mol. The van der Waals surface area contributed by atoms with Gasteiger partial charge in [0.15, 0.2) is 0 Å². The second-order valence-electron chi connectivity index (χ2n) is 5.39. The van der Waals surface area contributed by atoms with Gasteiger partial charge in [0.1, 0.15) is 0 Å². The minimum Gasteiger partial charge on any atom is -0.326 e. The molecule has 2 aliphatic rings. The Hall–Kier alpha value is -0.120. The maximum atomic E-state index is 6.27. The molecule has 0 spiro atoms. The summed E-state index contributed by atoms with van der Waals surface area (Å²) in [4.78, 5) is 4.93.